The number of hydrogen-bond donors (Lipinski definition) is 1. The third-order valence-corrected chi connectivity index (χ3v) is 4.52. The van der Waals surface area contributed by atoms with Crippen molar-refractivity contribution < 1.29 is 23.5 Å². The molecule has 3 rings (SSSR count). The van der Waals surface area contributed by atoms with Gasteiger partial charge >= 0.3 is 11.6 Å². The topological polar surface area (TPSA) is 94.8 Å². The van der Waals surface area contributed by atoms with Gasteiger partial charge in [0.15, 0.2) is 6.10 Å². The van der Waals surface area contributed by atoms with E-state index in [1.54, 1.807) is 37.3 Å². The van der Waals surface area contributed by atoms with Crippen molar-refractivity contribution >= 4 is 22.8 Å². The molecule has 0 aliphatic carbocycles. The number of hydrogen-bond acceptors (Lipinski definition) is 6. The van der Waals surface area contributed by atoms with Gasteiger partial charge in [0.25, 0.3) is 5.91 Å². The van der Waals surface area contributed by atoms with E-state index in [-0.39, 0.29) is 12.5 Å². The molecule has 0 unspecified atom stereocenters. The van der Waals surface area contributed by atoms with E-state index in [4.69, 9.17) is 13.9 Å². The third kappa shape index (κ3) is 5.05. The Bertz CT molecular complexity index is 1120. The number of likely N-dealkylation sites (N-methyl/N-ethyl adjacent to an activating group) is 1. The van der Waals surface area contributed by atoms with Gasteiger partial charge in [-0.15, -0.1) is 0 Å². The van der Waals surface area contributed by atoms with E-state index >= 15 is 0 Å². The number of aryl methyl sites for hydroxylation is 1. The lowest BCUT2D eigenvalue weighted by Gasteiger charge is -2.13. The number of amides is 1. The van der Waals surface area contributed by atoms with Crippen LogP contribution in [0.3, 0.4) is 0 Å². The van der Waals surface area contributed by atoms with Gasteiger partial charge in [0, 0.05) is 24.1 Å². The van der Waals surface area contributed by atoms with E-state index in [1.807, 2.05) is 19.1 Å². The molecule has 0 bridgehead atoms. The molecule has 7 nitrogen and oxygen atoms in total. The molecule has 1 amide bonds. The lowest BCUT2D eigenvalue weighted by molar-refractivity contribution is -0.128. The van der Waals surface area contributed by atoms with Crippen molar-refractivity contribution in [1.29, 1.82) is 0 Å². The predicted octanol–water partition coefficient (Wildman–Crippen LogP) is 3.36. The first-order chi connectivity index (χ1) is 14.4. The van der Waals surface area contributed by atoms with E-state index in [1.165, 1.54) is 13.0 Å². The highest BCUT2D eigenvalue weighted by Gasteiger charge is 2.18. The van der Waals surface area contributed by atoms with Crippen LogP contribution >= 0.6 is 0 Å². The second-order valence-corrected chi connectivity index (χ2v) is 6.83. The lowest BCUT2D eigenvalue weighted by Crippen LogP contribution is -2.35. The molecule has 156 valence electrons. The largest absolute Gasteiger partial charge is 0.489 e. The number of benzene rings is 2. The summed E-state index contributed by atoms with van der Waals surface area (Å²) in [5.74, 6) is -0.339. The molecule has 2 aromatic carbocycles. The van der Waals surface area contributed by atoms with Crippen LogP contribution < -0.4 is 15.7 Å². The maximum Gasteiger partial charge on any atom is 0.338 e. The molecule has 1 atom stereocenters. The van der Waals surface area contributed by atoms with Crippen LogP contribution in [0.1, 0.15) is 35.3 Å². The number of nitrogens with one attached hydrogen (secondary N) is 1. The highest BCUT2D eigenvalue weighted by Crippen LogP contribution is 2.23. The van der Waals surface area contributed by atoms with Gasteiger partial charge in [0.05, 0.1) is 5.56 Å². The summed E-state index contributed by atoms with van der Waals surface area (Å²) < 4.78 is 16.2. The lowest BCUT2D eigenvalue weighted by atomic mass is 10.1. The average molecular weight is 409 g/mol. The highest BCUT2D eigenvalue weighted by molar-refractivity contribution is 5.92. The summed E-state index contributed by atoms with van der Waals surface area (Å²) in [6.45, 7) is 5.91. The molecule has 1 aromatic heterocycles. The summed E-state index contributed by atoms with van der Waals surface area (Å²) in [5.41, 5.74) is 2.10. The van der Waals surface area contributed by atoms with Gasteiger partial charge in [-0.1, -0.05) is 12.1 Å². The fourth-order valence-electron chi connectivity index (χ4n) is 2.90. The van der Waals surface area contributed by atoms with Crippen LogP contribution in [0.15, 0.2) is 57.7 Å². The smallest absolute Gasteiger partial charge is 0.338 e. The molecular weight excluding hydrogens is 386 g/mol. The van der Waals surface area contributed by atoms with Gasteiger partial charge in [0.1, 0.15) is 17.9 Å². The highest BCUT2D eigenvalue weighted by atomic mass is 16.5. The summed E-state index contributed by atoms with van der Waals surface area (Å²) in [4.78, 5) is 35.4. The Morgan fingerprint density at radius 1 is 1.10 bits per heavy atom. The van der Waals surface area contributed by atoms with Crippen molar-refractivity contribution in [1.82, 2.24) is 5.32 Å². The molecule has 0 radical (unpaired) electrons. The fourth-order valence-corrected chi connectivity index (χ4v) is 2.90. The van der Waals surface area contributed by atoms with Gasteiger partial charge in [-0.25, -0.2) is 9.59 Å². The van der Waals surface area contributed by atoms with Crippen molar-refractivity contribution in [2.75, 3.05) is 6.54 Å². The van der Waals surface area contributed by atoms with Crippen LogP contribution in [0.5, 0.6) is 5.75 Å². The minimum absolute atomic E-state index is 0.270. The van der Waals surface area contributed by atoms with Crippen LogP contribution in [-0.2, 0) is 16.1 Å². The van der Waals surface area contributed by atoms with Crippen LogP contribution in [0, 0.1) is 6.92 Å². The van der Waals surface area contributed by atoms with E-state index in [9.17, 15) is 14.4 Å². The Kier molecular flexibility index (Phi) is 6.51. The molecule has 0 saturated carbocycles. The number of carbonyl (C=O) groups excluding carboxylic acids is 2. The van der Waals surface area contributed by atoms with E-state index in [0.29, 0.717) is 23.4 Å². The Morgan fingerprint density at radius 2 is 1.83 bits per heavy atom. The first-order valence-electron chi connectivity index (χ1n) is 9.62. The fraction of sp³-hybridized carbons (Fsp3) is 0.261. The normalized spacial score (nSPS) is 11.7. The maximum atomic E-state index is 12.2. The minimum atomic E-state index is -0.864. The van der Waals surface area contributed by atoms with Gasteiger partial charge < -0.3 is 19.2 Å². The minimum Gasteiger partial charge on any atom is -0.489 e. The van der Waals surface area contributed by atoms with Gasteiger partial charge in [-0.3, -0.25) is 4.79 Å². The van der Waals surface area contributed by atoms with Crippen LogP contribution in [0.25, 0.3) is 11.0 Å². The maximum absolute atomic E-state index is 12.2. The van der Waals surface area contributed by atoms with Crippen LogP contribution in [0.4, 0.5) is 0 Å². The second kappa shape index (κ2) is 9.26. The Morgan fingerprint density at radius 3 is 2.53 bits per heavy atom. The zero-order valence-corrected chi connectivity index (χ0v) is 17.1. The summed E-state index contributed by atoms with van der Waals surface area (Å²) in [7, 11) is 0. The first kappa shape index (κ1) is 21.1. The van der Waals surface area contributed by atoms with E-state index < -0.39 is 17.7 Å². The SMILES string of the molecule is CCNC(=O)[C@@H](C)OC(=O)c1ccc(COc2ccc3c(C)cc(=O)oc3c2)cc1. The van der Waals surface area contributed by atoms with Gasteiger partial charge in [0.2, 0.25) is 0 Å². The van der Waals surface area contributed by atoms with E-state index in [2.05, 4.69) is 5.32 Å². The quantitative estimate of drug-likeness (QED) is 0.475. The van der Waals surface area contributed by atoms with Gasteiger partial charge in [-0.2, -0.15) is 0 Å². The Hall–Kier alpha value is -3.61. The summed E-state index contributed by atoms with van der Waals surface area (Å²) in [5, 5.41) is 3.46. The number of rotatable bonds is 7. The zero-order valence-electron chi connectivity index (χ0n) is 17.1. The molecular formula is C23H23NO6. The van der Waals surface area contributed by atoms with Crippen molar-refractivity contribution in [3.05, 3.63) is 75.6 Å². The molecule has 1 N–H and O–H groups in total. The summed E-state index contributed by atoms with van der Waals surface area (Å²) >= 11 is 0. The van der Waals surface area contributed by atoms with Crippen molar-refractivity contribution in [3.63, 3.8) is 0 Å². The van der Waals surface area contributed by atoms with Crippen LogP contribution in [0.2, 0.25) is 0 Å². The van der Waals surface area contributed by atoms with Crippen molar-refractivity contribution in [2.45, 2.75) is 33.5 Å². The third-order valence-electron chi connectivity index (χ3n) is 4.52. The monoisotopic (exact) mass is 409 g/mol. The second-order valence-electron chi connectivity index (χ2n) is 6.83. The predicted molar refractivity (Wildman–Crippen MR) is 112 cm³/mol. The molecule has 0 saturated heterocycles. The summed E-state index contributed by atoms with van der Waals surface area (Å²) in [6.07, 6.45) is -0.864. The molecule has 3 aromatic rings. The molecule has 0 aliphatic heterocycles. The first-order valence-corrected chi connectivity index (χ1v) is 9.62. The van der Waals surface area contributed by atoms with Crippen molar-refractivity contribution in [3.8, 4) is 5.75 Å². The molecule has 0 fully saturated rings. The molecule has 7 heteroatoms. The van der Waals surface area contributed by atoms with Crippen LogP contribution in [-0.4, -0.2) is 24.5 Å². The Labute approximate surface area is 173 Å². The molecule has 1 heterocycles. The number of fused-ring (bicyclic) bond motifs is 1. The molecule has 0 spiro atoms. The van der Waals surface area contributed by atoms with Crippen molar-refractivity contribution in [2.24, 2.45) is 0 Å². The van der Waals surface area contributed by atoms with Gasteiger partial charge in [-0.05, 0) is 56.2 Å². The zero-order chi connectivity index (χ0) is 21.7. The van der Waals surface area contributed by atoms with E-state index in [0.717, 1.165) is 16.5 Å². The molecule has 30 heavy (non-hydrogen) atoms. The standard InChI is InChI=1S/C23H23NO6/c1-4-24-22(26)15(3)29-23(27)17-7-5-16(6-8-17)13-28-18-9-10-19-14(2)11-21(25)30-20(19)12-18/h5-12,15H,4,13H2,1-3H3,(H,24,26)/t15-/m1/s1. The Balaban J connectivity index is 1.62. The number of esters is 1. The molecule has 0 aliphatic rings. The average Bonchev–Trinajstić information content (AvgIpc) is 2.72. The number of ether oxygens (including phenoxy) is 2. The summed E-state index contributed by atoms with van der Waals surface area (Å²) in [6, 6.07) is 13.5. The number of carbonyl (C=O) groups is 2.